The number of imidazole rings is 2. The van der Waals surface area contributed by atoms with E-state index in [1.165, 1.54) is 0 Å². The lowest BCUT2D eigenvalue weighted by molar-refractivity contribution is -0.136. The lowest BCUT2D eigenvalue weighted by Gasteiger charge is -2.33. The molecule has 0 spiro atoms. The van der Waals surface area contributed by atoms with Crippen LogP contribution < -0.4 is 4.74 Å². The van der Waals surface area contributed by atoms with E-state index in [2.05, 4.69) is 94.0 Å². The van der Waals surface area contributed by atoms with Gasteiger partial charge in [0.05, 0.1) is 28.8 Å². The molecule has 9 heteroatoms. The van der Waals surface area contributed by atoms with Crippen molar-refractivity contribution in [2.45, 2.75) is 132 Å². The van der Waals surface area contributed by atoms with Crippen LogP contribution in [-0.2, 0) is 16.2 Å². The molecule has 9 nitrogen and oxygen atoms in total. The molecule has 3 heterocycles. The molecule has 270 valence electrons. The highest BCUT2D eigenvalue weighted by Gasteiger charge is 2.30. The Morgan fingerprint density at radius 2 is 1.41 bits per heavy atom. The van der Waals surface area contributed by atoms with Gasteiger partial charge in [-0.15, -0.1) is 0 Å². The third-order valence-corrected chi connectivity index (χ3v) is 10.8. The molecule has 4 atom stereocenters. The number of H-pyrrole nitrogens is 2. The van der Waals surface area contributed by atoms with Gasteiger partial charge in [-0.3, -0.25) is 9.59 Å². The van der Waals surface area contributed by atoms with E-state index < -0.39 is 0 Å². The molecule has 0 saturated heterocycles. The molecule has 0 radical (unpaired) electrons. The number of aryl methyl sites for hydroxylation is 1. The number of carbonyl (C=O) groups is 2. The van der Waals surface area contributed by atoms with Gasteiger partial charge in [0, 0.05) is 47.1 Å². The minimum atomic E-state index is -0.170. The molecular formula is C42H54N6O3. The quantitative estimate of drug-likeness (QED) is 0.128. The van der Waals surface area contributed by atoms with E-state index in [0.717, 1.165) is 98.5 Å². The van der Waals surface area contributed by atoms with Crippen molar-refractivity contribution in [1.29, 1.82) is 0 Å². The number of aromatic nitrogens is 4. The van der Waals surface area contributed by atoms with E-state index in [-0.39, 0.29) is 36.0 Å². The summed E-state index contributed by atoms with van der Waals surface area (Å²) in [7, 11) is 0. The van der Waals surface area contributed by atoms with Gasteiger partial charge in [0.25, 0.3) is 0 Å². The average Bonchev–Trinajstić information content (AvgIpc) is 3.75. The molecule has 0 fully saturated rings. The lowest BCUT2D eigenvalue weighted by Crippen LogP contribution is -2.40. The minimum Gasteiger partial charge on any atom is -0.488 e. The number of nitrogens with one attached hydrogen (secondary N) is 2. The number of benzene rings is 3. The van der Waals surface area contributed by atoms with Crippen molar-refractivity contribution in [3.63, 3.8) is 0 Å². The first-order valence-electron chi connectivity index (χ1n) is 18.9. The number of ether oxygens (including phenoxy) is 1. The molecule has 2 aromatic heterocycles. The molecule has 1 aliphatic heterocycles. The Kier molecular flexibility index (Phi) is 10.6. The molecule has 51 heavy (non-hydrogen) atoms. The van der Waals surface area contributed by atoms with Gasteiger partial charge in [0.2, 0.25) is 11.8 Å². The zero-order chi connectivity index (χ0) is 36.6. The summed E-state index contributed by atoms with van der Waals surface area (Å²) in [6.07, 6.45) is 4.48. The Labute approximate surface area is 302 Å². The fourth-order valence-corrected chi connectivity index (χ4v) is 7.64. The topological polar surface area (TPSA) is 107 Å². The van der Waals surface area contributed by atoms with Crippen LogP contribution in [-0.4, -0.2) is 53.6 Å². The first-order valence-corrected chi connectivity index (χ1v) is 18.9. The van der Waals surface area contributed by atoms with Crippen molar-refractivity contribution < 1.29 is 14.3 Å². The molecule has 5 aromatic rings. The van der Waals surface area contributed by atoms with E-state index in [1.54, 1.807) is 0 Å². The Hall–Kier alpha value is -4.66. The maximum atomic E-state index is 13.1. The van der Waals surface area contributed by atoms with E-state index in [1.807, 2.05) is 30.6 Å². The molecule has 3 aromatic carbocycles. The molecule has 6 rings (SSSR count). The molecule has 4 unspecified atom stereocenters. The summed E-state index contributed by atoms with van der Waals surface area (Å²) in [4.78, 5) is 47.4. The van der Waals surface area contributed by atoms with Gasteiger partial charge >= 0.3 is 0 Å². The number of fused-ring (bicyclic) bond motifs is 6. The monoisotopic (exact) mass is 690 g/mol. The summed E-state index contributed by atoms with van der Waals surface area (Å²) in [5, 5.41) is 2.10. The summed E-state index contributed by atoms with van der Waals surface area (Å²) in [6, 6.07) is 14.9. The van der Waals surface area contributed by atoms with E-state index in [9.17, 15) is 9.59 Å². The summed E-state index contributed by atoms with van der Waals surface area (Å²) in [6.45, 7) is 19.2. The minimum absolute atomic E-state index is 0.119. The van der Waals surface area contributed by atoms with Gasteiger partial charge < -0.3 is 24.5 Å². The number of aromatic amines is 2. The average molecular weight is 691 g/mol. The molecule has 1 aliphatic rings. The van der Waals surface area contributed by atoms with Crippen LogP contribution in [0.3, 0.4) is 0 Å². The summed E-state index contributed by atoms with van der Waals surface area (Å²) < 4.78 is 6.42. The van der Waals surface area contributed by atoms with Crippen LogP contribution in [0.2, 0.25) is 0 Å². The van der Waals surface area contributed by atoms with Crippen LogP contribution >= 0.6 is 0 Å². The smallest absolute Gasteiger partial charge is 0.223 e. The van der Waals surface area contributed by atoms with Crippen LogP contribution in [0, 0.1) is 6.92 Å². The van der Waals surface area contributed by atoms with Crippen molar-refractivity contribution in [1.82, 2.24) is 29.7 Å². The second-order valence-corrected chi connectivity index (χ2v) is 14.4. The first kappa shape index (κ1) is 36.1. The van der Waals surface area contributed by atoms with Gasteiger partial charge in [-0.1, -0.05) is 45.9 Å². The van der Waals surface area contributed by atoms with Crippen molar-refractivity contribution in [2.75, 3.05) is 0 Å². The SMILES string of the molecule is CCCC(=O)N(C(C)CC)C(C)c1nc(-c2ccc3c(c2)COc2cc4c(ccc5[nH]c(C(C)N(C(=O)CCC)C(C)CC)nc54)cc2-3)c(C)[nH]1. The third kappa shape index (κ3) is 6.75. The zero-order valence-electron chi connectivity index (χ0n) is 31.8. The predicted molar refractivity (Wildman–Crippen MR) is 206 cm³/mol. The third-order valence-electron chi connectivity index (χ3n) is 10.8. The lowest BCUT2D eigenvalue weighted by atomic mass is 9.92. The predicted octanol–water partition coefficient (Wildman–Crippen LogP) is 9.95. The fraction of sp³-hybridized carbons (Fsp3) is 0.476. The molecule has 2 amide bonds. The van der Waals surface area contributed by atoms with Crippen molar-refractivity contribution >= 4 is 33.6 Å². The Balaban J connectivity index is 1.31. The highest BCUT2D eigenvalue weighted by Crippen LogP contribution is 2.43. The van der Waals surface area contributed by atoms with Crippen molar-refractivity contribution in [3.8, 4) is 28.1 Å². The number of nitrogens with zero attached hydrogens (tertiary/aromatic N) is 4. The number of rotatable bonds is 13. The van der Waals surface area contributed by atoms with Gasteiger partial charge in [-0.25, -0.2) is 9.97 Å². The van der Waals surface area contributed by atoms with Crippen LogP contribution in [0.25, 0.3) is 44.2 Å². The maximum absolute atomic E-state index is 13.1. The van der Waals surface area contributed by atoms with Crippen LogP contribution in [0.5, 0.6) is 5.75 Å². The van der Waals surface area contributed by atoms with Gasteiger partial charge in [0.15, 0.2) is 0 Å². The number of hydrogen-bond donors (Lipinski definition) is 2. The van der Waals surface area contributed by atoms with E-state index >= 15 is 0 Å². The second-order valence-electron chi connectivity index (χ2n) is 14.4. The summed E-state index contributed by atoms with van der Waals surface area (Å²) in [5.41, 5.74) is 8.03. The van der Waals surface area contributed by atoms with Gasteiger partial charge in [-0.2, -0.15) is 0 Å². The van der Waals surface area contributed by atoms with Gasteiger partial charge in [0.1, 0.15) is 24.0 Å². The summed E-state index contributed by atoms with van der Waals surface area (Å²) >= 11 is 0. The molecule has 2 N–H and O–H groups in total. The highest BCUT2D eigenvalue weighted by atomic mass is 16.5. The maximum Gasteiger partial charge on any atom is 0.223 e. The number of hydrogen-bond acceptors (Lipinski definition) is 5. The Morgan fingerprint density at radius 3 is 2.02 bits per heavy atom. The number of amides is 2. The molecular weight excluding hydrogens is 637 g/mol. The van der Waals surface area contributed by atoms with E-state index in [0.29, 0.717) is 19.4 Å². The van der Waals surface area contributed by atoms with E-state index in [4.69, 9.17) is 14.7 Å². The molecule has 0 bridgehead atoms. The van der Waals surface area contributed by atoms with Crippen LogP contribution in [0.4, 0.5) is 0 Å². The van der Waals surface area contributed by atoms with Crippen molar-refractivity contribution in [3.05, 3.63) is 65.4 Å². The molecule has 0 saturated carbocycles. The normalized spacial score (nSPS) is 14.8. The fourth-order valence-electron chi connectivity index (χ4n) is 7.64. The Morgan fingerprint density at radius 1 is 0.784 bits per heavy atom. The zero-order valence-corrected chi connectivity index (χ0v) is 31.8. The van der Waals surface area contributed by atoms with Gasteiger partial charge in [-0.05, 0) is 101 Å². The molecule has 0 aliphatic carbocycles. The largest absolute Gasteiger partial charge is 0.488 e. The van der Waals surface area contributed by atoms with Crippen LogP contribution in [0.15, 0.2) is 42.5 Å². The Bertz CT molecular complexity index is 2060. The first-order chi connectivity index (χ1) is 24.5. The summed E-state index contributed by atoms with van der Waals surface area (Å²) in [5.74, 6) is 2.77. The standard InChI is InChI=1S/C42H54N6O3/c1-10-14-37(49)47(24(5)12-3)27(8)41-43-26(7)39(45-41)30-16-18-32-31(20-30)23-51-36-22-33-29(21-34(32)36)17-19-35-40(33)46-42(44-35)28(9)48(25(6)13-4)38(50)15-11-2/h16-22,24-25,27-28H,10-15,23H2,1-9H3,(H,43,45)(H,44,46). The van der Waals surface area contributed by atoms with Crippen molar-refractivity contribution in [2.24, 2.45) is 0 Å². The second kappa shape index (κ2) is 14.9. The van der Waals surface area contributed by atoms with Crippen LogP contribution in [0.1, 0.15) is 129 Å². The highest BCUT2D eigenvalue weighted by molar-refractivity contribution is 6.07. The number of carbonyl (C=O) groups excluding carboxylic acids is 2.